The first-order valence-corrected chi connectivity index (χ1v) is 14.8. The molecule has 4 rings (SSSR count). The third-order valence-corrected chi connectivity index (χ3v) is 8.47. The molecule has 2 aliphatic rings. The average Bonchev–Trinajstić information content (AvgIpc) is 3.46. The molecule has 11 heteroatoms. The molecule has 0 saturated carbocycles. The summed E-state index contributed by atoms with van der Waals surface area (Å²) in [7, 11) is -3.33. The van der Waals surface area contributed by atoms with Gasteiger partial charge in [0.2, 0.25) is 21.8 Å². The molecule has 1 aromatic carbocycles. The monoisotopic (exact) mass is 533 g/mol. The van der Waals surface area contributed by atoms with E-state index >= 15 is 0 Å². The van der Waals surface area contributed by atoms with Gasteiger partial charge in [-0.05, 0) is 64.2 Å². The number of sulfonamides is 1. The second kappa shape index (κ2) is 11.1. The van der Waals surface area contributed by atoms with E-state index in [1.54, 1.807) is 0 Å². The zero-order valence-corrected chi connectivity index (χ0v) is 23.5. The lowest BCUT2D eigenvalue weighted by Gasteiger charge is -2.39. The van der Waals surface area contributed by atoms with Gasteiger partial charge in [0.25, 0.3) is 0 Å². The Bertz CT molecular complexity index is 1230. The summed E-state index contributed by atoms with van der Waals surface area (Å²) in [5.74, 6) is 0.854. The van der Waals surface area contributed by atoms with Crippen LogP contribution in [0.2, 0.25) is 0 Å². The van der Waals surface area contributed by atoms with Gasteiger partial charge in [0, 0.05) is 38.8 Å². The highest BCUT2D eigenvalue weighted by Gasteiger charge is 2.36. The molecule has 2 atom stereocenters. The molecule has 37 heavy (non-hydrogen) atoms. The van der Waals surface area contributed by atoms with Crippen LogP contribution in [0.3, 0.4) is 0 Å². The van der Waals surface area contributed by atoms with Crippen molar-refractivity contribution in [3.63, 3.8) is 0 Å². The maximum atomic E-state index is 12.4. The molecule has 3 heterocycles. The van der Waals surface area contributed by atoms with Gasteiger partial charge in [-0.25, -0.2) is 13.2 Å². The first-order chi connectivity index (χ1) is 17.4. The van der Waals surface area contributed by atoms with Gasteiger partial charge < -0.3 is 14.1 Å². The molecule has 0 aliphatic carbocycles. The molecule has 0 unspecified atom stereocenters. The van der Waals surface area contributed by atoms with E-state index in [-0.39, 0.29) is 24.3 Å². The van der Waals surface area contributed by atoms with E-state index in [1.165, 1.54) is 21.7 Å². The standard InChI is InChI=1S/C26H39N5O5S/c1-17(2)35-26(32)30-11-10-29(15-19(30)4)16-22-13-18(3)12-21(20(22)5)14-24-27-28-25(36-24)23-8-7-9-31(23)37(6,33)34/h12-13,17,19,23H,7-11,14-16H2,1-6H3/t19-,23-/m0/s1. The number of carbonyl (C=O) groups excluding carboxylic acids is 1. The summed E-state index contributed by atoms with van der Waals surface area (Å²) in [6.45, 7) is 13.5. The number of benzene rings is 1. The van der Waals surface area contributed by atoms with Crippen molar-refractivity contribution in [3.05, 3.63) is 46.2 Å². The lowest BCUT2D eigenvalue weighted by Crippen LogP contribution is -2.54. The van der Waals surface area contributed by atoms with Crippen molar-refractivity contribution in [2.24, 2.45) is 0 Å². The largest absolute Gasteiger partial charge is 0.447 e. The number of hydrogen-bond donors (Lipinski definition) is 0. The summed E-state index contributed by atoms with van der Waals surface area (Å²) >= 11 is 0. The molecule has 1 amide bonds. The van der Waals surface area contributed by atoms with Crippen molar-refractivity contribution >= 4 is 16.1 Å². The minimum Gasteiger partial charge on any atom is -0.447 e. The molecule has 2 saturated heterocycles. The van der Waals surface area contributed by atoms with Crippen LogP contribution in [0.1, 0.15) is 73.7 Å². The van der Waals surface area contributed by atoms with Crippen LogP contribution in [0.4, 0.5) is 4.79 Å². The number of rotatable bonds is 7. The van der Waals surface area contributed by atoms with Gasteiger partial charge in [-0.15, -0.1) is 10.2 Å². The predicted octanol–water partition coefficient (Wildman–Crippen LogP) is 3.42. The third kappa shape index (κ3) is 6.50. The molecule has 2 fully saturated rings. The third-order valence-electron chi connectivity index (χ3n) is 7.18. The first-order valence-electron chi connectivity index (χ1n) is 13.0. The molecule has 1 aromatic heterocycles. The van der Waals surface area contributed by atoms with E-state index in [4.69, 9.17) is 9.15 Å². The van der Waals surface area contributed by atoms with Crippen LogP contribution in [0.5, 0.6) is 0 Å². The topological polar surface area (TPSA) is 109 Å². The van der Waals surface area contributed by atoms with Crippen molar-refractivity contribution in [3.8, 4) is 0 Å². The Morgan fingerprint density at radius 1 is 1.16 bits per heavy atom. The fourth-order valence-electron chi connectivity index (χ4n) is 5.34. The second-order valence-corrected chi connectivity index (χ2v) is 12.6. The fraction of sp³-hybridized carbons (Fsp3) is 0.654. The lowest BCUT2D eigenvalue weighted by molar-refractivity contribution is 0.0349. The second-order valence-electron chi connectivity index (χ2n) is 10.7. The Hall–Kier alpha value is -2.50. The van der Waals surface area contributed by atoms with Crippen LogP contribution in [0.15, 0.2) is 16.5 Å². The van der Waals surface area contributed by atoms with Crippen molar-refractivity contribution in [1.82, 2.24) is 24.3 Å². The Morgan fingerprint density at radius 3 is 2.57 bits per heavy atom. The smallest absolute Gasteiger partial charge is 0.410 e. The molecular formula is C26H39N5O5S. The van der Waals surface area contributed by atoms with E-state index in [0.29, 0.717) is 37.7 Å². The van der Waals surface area contributed by atoms with Crippen LogP contribution >= 0.6 is 0 Å². The maximum Gasteiger partial charge on any atom is 0.410 e. The minimum absolute atomic E-state index is 0.0727. The summed E-state index contributed by atoms with van der Waals surface area (Å²) in [4.78, 5) is 16.6. The number of aryl methyl sites for hydroxylation is 1. The normalized spacial score (nSPS) is 21.6. The van der Waals surface area contributed by atoms with E-state index in [0.717, 1.165) is 37.2 Å². The SMILES string of the molecule is Cc1cc(Cc2nnc([C@@H]3CCCN3S(C)(=O)=O)o2)c(C)c(CN2CCN(C(=O)OC(C)C)[C@@H](C)C2)c1. The van der Waals surface area contributed by atoms with Crippen LogP contribution in [-0.4, -0.2) is 83.4 Å². The zero-order chi connectivity index (χ0) is 26.9. The molecule has 10 nitrogen and oxygen atoms in total. The summed E-state index contributed by atoms with van der Waals surface area (Å²) in [5.41, 5.74) is 4.68. The first kappa shape index (κ1) is 27.5. The Labute approximate surface area is 220 Å². The van der Waals surface area contributed by atoms with Crippen LogP contribution in [-0.2, 0) is 27.7 Å². The van der Waals surface area contributed by atoms with Crippen molar-refractivity contribution < 1.29 is 22.4 Å². The number of piperazine rings is 1. The number of aromatic nitrogens is 2. The highest BCUT2D eigenvalue weighted by atomic mass is 32.2. The van der Waals surface area contributed by atoms with Gasteiger partial charge in [-0.2, -0.15) is 4.31 Å². The van der Waals surface area contributed by atoms with Gasteiger partial charge in [0.05, 0.1) is 18.8 Å². The summed E-state index contributed by atoms with van der Waals surface area (Å²) in [6.07, 6.45) is 2.80. The number of amides is 1. The lowest BCUT2D eigenvalue weighted by atomic mass is 9.96. The minimum atomic E-state index is -3.33. The number of ether oxygens (including phenoxy) is 1. The Kier molecular flexibility index (Phi) is 8.25. The van der Waals surface area contributed by atoms with Gasteiger partial charge in [0.1, 0.15) is 6.04 Å². The highest BCUT2D eigenvalue weighted by molar-refractivity contribution is 7.88. The quantitative estimate of drug-likeness (QED) is 0.533. The van der Waals surface area contributed by atoms with E-state index in [1.807, 2.05) is 18.7 Å². The predicted molar refractivity (Wildman–Crippen MR) is 140 cm³/mol. The summed E-state index contributed by atoms with van der Waals surface area (Å²) < 4.78 is 37.0. The van der Waals surface area contributed by atoms with Gasteiger partial charge in [-0.3, -0.25) is 4.90 Å². The molecule has 0 N–H and O–H groups in total. The Morgan fingerprint density at radius 2 is 1.89 bits per heavy atom. The fourth-order valence-corrected chi connectivity index (χ4v) is 6.46. The Balaban J connectivity index is 1.44. The molecule has 2 aromatic rings. The molecule has 0 spiro atoms. The van der Waals surface area contributed by atoms with E-state index in [9.17, 15) is 13.2 Å². The summed E-state index contributed by atoms with van der Waals surface area (Å²) in [6, 6.07) is 4.04. The summed E-state index contributed by atoms with van der Waals surface area (Å²) in [5, 5.41) is 8.45. The molecular weight excluding hydrogens is 494 g/mol. The van der Waals surface area contributed by atoms with Gasteiger partial charge >= 0.3 is 6.09 Å². The van der Waals surface area contributed by atoms with Gasteiger partial charge in [0.15, 0.2) is 0 Å². The zero-order valence-electron chi connectivity index (χ0n) is 22.7. The van der Waals surface area contributed by atoms with Gasteiger partial charge in [-0.1, -0.05) is 17.7 Å². The van der Waals surface area contributed by atoms with Crippen LogP contribution < -0.4 is 0 Å². The molecule has 2 aliphatic heterocycles. The van der Waals surface area contributed by atoms with Crippen molar-refractivity contribution in [2.75, 3.05) is 32.4 Å². The molecule has 204 valence electrons. The molecule has 0 bridgehead atoms. The number of hydrogen-bond acceptors (Lipinski definition) is 8. The van der Waals surface area contributed by atoms with E-state index < -0.39 is 10.0 Å². The average molecular weight is 534 g/mol. The van der Waals surface area contributed by atoms with Crippen molar-refractivity contribution in [2.45, 2.75) is 78.6 Å². The number of nitrogens with zero attached hydrogens (tertiary/aromatic N) is 5. The maximum absolute atomic E-state index is 12.4. The van der Waals surface area contributed by atoms with E-state index in [2.05, 4.69) is 48.0 Å². The van der Waals surface area contributed by atoms with Crippen molar-refractivity contribution in [1.29, 1.82) is 0 Å². The van der Waals surface area contributed by atoms with Crippen LogP contribution in [0.25, 0.3) is 0 Å². The number of carbonyl (C=O) groups is 1. The molecule has 0 radical (unpaired) electrons. The van der Waals surface area contributed by atoms with Crippen LogP contribution in [0, 0.1) is 13.8 Å². The highest BCUT2D eigenvalue weighted by Crippen LogP contribution is 2.33.